The SMILES string of the molecule is CCCCCCCCCCCCC(=O)OC[C@H](COP(=O)(O)OC[C@H](O)COP(=O)(O)OC[C@@H](COC(=O)CCCCCCCCCCCCCCCCCCC(C)C)OC(=O)CCCCCCCCCCCCCCCCCCC(C)C)OC(=O)CCCCCCCCCCCCCC(C)C. The van der Waals surface area contributed by atoms with Gasteiger partial charge >= 0.3 is 39.5 Å². The molecule has 17 nitrogen and oxygen atoms in total. The van der Waals surface area contributed by atoms with E-state index in [4.69, 9.17) is 37.0 Å². The lowest BCUT2D eigenvalue weighted by molar-refractivity contribution is -0.161. The van der Waals surface area contributed by atoms with Gasteiger partial charge in [-0.3, -0.25) is 37.3 Å². The number of phosphoric ester groups is 2. The topological polar surface area (TPSA) is 237 Å². The van der Waals surface area contributed by atoms with Crippen LogP contribution in [0.5, 0.6) is 0 Å². The fraction of sp³-hybridized carbons (Fsp3) is 0.952. The Bertz CT molecular complexity index is 1970. The zero-order valence-corrected chi connectivity index (χ0v) is 68.9. The molecule has 0 amide bonds. The molecule has 0 aromatic carbocycles. The Kier molecular flexibility index (Phi) is 71.8. The second-order valence-electron chi connectivity index (χ2n) is 31.3. The first-order valence-corrected chi connectivity index (χ1v) is 45.8. The number of hydrogen-bond acceptors (Lipinski definition) is 15. The highest BCUT2D eigenvalue weighted by atomic mass is 31.2. The van der Waals surface area contributed by atoms with Gasteiger partial charge in [0.15, 0.2) is 12.2 Å². The van der Waals surface area contributed by atoms with Gasteiger partial charge in [-0.05, 0) is 43.4 Å². The van der Waals surface area contributed by atoms with Gasteiger partial charge in [-0.1, -0.05) is 382 Å². The van der Waals surface area contributed by atoms with E-state index in [0.29, 0.717) is 25.7 Å². The van der Waals surface area contributed by atoms with E-state index in [2.05, 4.69) is 48.5 Å². The third-order valence-electron chi connectivity index (χ3n) is 19.4. The lowest BCUT2D eigenvalue weighted by Gasteiger charge is -2.21. The summed E-state index contributed by atoms with van der Waals surface area (Å²) in [6.45, 7) is 12.0. The summed E-state index contributed by atoms with van der Waals surface area (Å²) in [6.07, 6.45) is 62.4. The van der Waals surface area contributed by atoms with E-state index in [1.54, 1.807) is 0 Å². The highest BCUT2D eigenvalue weighted by Crippen LogP contribution is 2.45. The largest absolute Gasteiger partial charge is 0.472 e. The van der Waals surface area contributed by atoms with Gasteiger partial charge in [0.05, 0.1) is 26.4 Å². The Labute approximate surface area is 626 Å². The van der Waals surface area contributed by atoms with Crippen LogP contribution in [0.4, 0.5) is 0 Å². The molecule has 0 spiro atoms. The summed E-state index contributed by atoms with van der Waals surface area (Å²) in [5.41, 5.74) is 0. The summed E-state index contributed by atoms with van der Waals surface area (Å²) in [5, 5.41) is 10.7. The lowest BCUT2D eigenvalue weighted by atomic mass is 10.0. The highest BCUT2D eigenvalue weighted by molar-refractivity contribution is 7.47. The van der Waals surface area contributed by atoms with Crippen molar-refractivity contribution in [3.05, 3.63) is 0 Å². The minimum atomic E-state index is -4.96. The molecule has 0 rings (SSSR count). The second kappa shape index (κ2) is 73.2. The number of hydrogen-bond donors (Lipinski definition) is 3. The number of aliphatic hydroxyl groups is 1. The number of phosphoric acid groups is 2. The smallest absolute Gasteiger partial charge is 0.462 e. The maximum Gasteiger partial charge on any atom is 0.472 e. The van der Waals surface area contributed by atoms with Crippen LogP contribution in [0.25, 0.3) is 0 Å². The van der Waals surface area contributed by atoms with E-state index in [-0.39, 0.29) is 25.7 Å². The average Bonchev–Trinajstić information content (AvgIpc) is 0.913. The van der Waals surface area contributed by atoms with E-state index < -0.39 is 97.5 Å². The number of aliphatic hydroxyl groups excluding tert-OH is 1. The molecule has 0 aliphatic heterocycles. The predicted molar refractivity (Wildman–Crippen MR) is 418 cm³/mol. The molecule has 0 fully saturated rings. The molecule has 0 heterocycles. The first-order valence-electron chi connectivity index (χ1n) is 42.8. The zero-order valence-electron chi connectivity index (χ0n) is 67.1. The zero-order chi connectivity index (χ0) is 75.1. The predicted octanol–water partition coefficient (Wildman–Crippen LogP) is 24.9. The summed E-state index contributed by atoms with van der Waals surface area (Å²) < 4.78 is 68.8. The molecule has 0 aliphatic carbocycles. The standard InChI is InChI=1S/C83H162O17P2/c1-8-9-10-11-12-13-36-43-50-57-64-80(85)93-70-78(100-83(88)67-60-53-46-39-32-26-29-35-42-49-56-63-76(6)7)72-97-101(89,90)95-68-77(84)69-96-102(91,92)98-73-79(99-82(87)66-59-52-45-38-31-25-21-17-15-19-23-28-34-41-48-55-62-75(4)5)71-94-81(86)65-58-51-44-37-30-24-20-16-14-18-22-27-33-40-47-54-61-74(2)3/h74-79,84H,8-73H2,1-7H3,(H,89,90)(H,91,92)/t77-,78+,79+/m0/s1. The molecule has 0 aliphatic rings. The molecule has 0 aromatic heterocycles. The van der Waals surface area contributed by atoms with Crippen molar-refractivity contribution in [2.24, 2.45) is 17.8 Å². The molecular formula is C83H162O17P2. The van der Waals surface area contributed by atoms with Gasteiger partial charge in [-0.2, -0.15) is 0 Å². The van der Waals surface area contributed by atoms with Crippen LogP contribution in [0.1, 0.15) is 434 Å². The van der Waals surface area contributed by atoms with Crippen molar-refractivity contribution >= 4 is 39.5 Å². The Morgan fingerprint density at radius 2 is 0.451 bits per heavy atom. The van der Waals surface area contributed by atoms with Gasteiger partial charge in [0.25, 0.3) is 0 Å². The fourth-order valence-electron chi connectivity index (χ4n) is 12.8. The van der Waals surface area contributed by atoms with Crippen LogP contribution < -0.4 is 0 Å². The Morgan fingerprint density at radius 3 is 0.667 bits per heavy atom. The molecule has 102 heavy (non-hydrogen) atoms. The molecule has 2 unspecified atom stereocenters. The second-order valence-corrected chi connectivity index (χ2v) is 34.2. The maximum atomic E-state index is 13.1. The van der Waals surface area contributed by atoms with E-state index in [0.717, 1.165) is 108 Å². The summed E-state index contributed by atoms with van der Waals surface area (Å²) in [5.74, 6) is 0.279. The lowest BCUT2D eigenvalue weighted by Crippen LogP contribution is -2.30. The van der Waals surface area contributed by atoms with E-state index in [1.165, 1.54) is 244 Å². The summed E-state index contributed by atoms with van der Waals surface area (Å²) in [6, 6.07) is 0. The Hall–Kier alpha value is -1.94. The molecule has 0 radical (unpaired) electrons. The number of rotatable bonds is 81. The molecule has 0 bridgehead atoms. The number of carbonyl (C=O) groups is 4. The first-order chi connectivity index (χ1) is 49.2. The van der Waals surface area contributed by atoms with E-state index >= 15 is 0 Å². The maximum absolute atomic E-state index is 13.1. The minimum Gasteiger partial charge on any atom is -0.462 e. The van der Waals surface area contributed by atoms with Crippen LogP contribution in [0, 0.1) is 17.8 Å². The van der Waals surface area contributed by atoms with Crippen LogP contribution >= 0.6 is 15.6 Å². The van der Waals surface area contributed by atoms with Gasteiger partial charge in [-0.25, -0.2) is 9.13 Å². The third kappa shape index (κ3) is 76.3. The van der Waals surface area contributed by atoms with Gasteiger partial charge < -0.3 is 33.8 Å². The molecule has 5 atom stereocenters. The van der Waals surface area contributed by atoms with Crippen LogP contribution in [-0.2, 0) is 65.4 Å². The van der Waals surface area contributed by atoms with Gasteiger partial charge in [-0.15, -0.1) is 0 Å². The molecule has 0 aromatic rings. The van der Waals surface area contributed by atoms with Gasteiger partial charge in [0, 0.05) is 25.7 Å². The van der Waals surface area contributed by atoms with Gasteiger partial charge in [0.2, 0.25) is 0 Å². The Morgan fingerprint density at radius 1 is 0.265 bits per heavy atom. The molecule has 3 N–H and O–H groups in total. The molecular weight excluding hydrogens is 1330 g/mol. The monoisotopic (exact) mass is 1490 g/mol. The van der Waals surface area contributed by atoms with Crippen LogP contribution in [0.3, 0.4) is 0 Å². The van der Waals surface area contributed by atoms with Crippen molar-refractivity contribution in [3.8, 4) is 0 Å². The molecule has 606 valence electrons. The number of ether oxygens (including phenoxy) is 4. The van der Waals surface area contributed by atoms with Crippen molar-refractivity contribution in [1.82, 2.24) is 0 Å². The fourth-order valence-corrected chi connectivity index (χ4v) is 14.4. The van der Waals surface area contributed by atoms with Crippen molar-refractivity contribution in [1.29, 1.82) is 0 Å². The van der Waals surface area contributed by atoms with Crippen LogP contribution in [-0.4, -0.2) is 96.7 Å². The summed E-state index contributed by atoms with van der Waals surface area (Å²) in [7, 11) is -9.92. The van der Waals surface area contributed by atoms with Crippen molar-refractivity contribution in [2.45, 2.75) is 452 Å². The molecule has 19 heteroatoms. The summed E-state index contributed by atoms with van der Waals surface area (Å²) in [4.78, 5) is 73.1. The number of esters is 4. The van der Waals surface area contributed by atoms with Crippen molar-refractivity contribution in [2.75, 3.05) is 39.6 Å². The Balaban J connectivity index is 5.23. The van der Waals surface area contributed by atoms with Crippen molar-refractivity contribution < 1.29 is 80.2 Å². The normalized spacial score (nSPS) is 13.9. The van der Waals surface area contributed by atoms with Crippen LogP contribution in [0.2, 0.25) is 0 Å². The van der Waals surface area contributed by atoms with Crippen molar-refractivity contribution in [3.63, 3.8) is 0 Å². The number of unbranched alkanes of at least 4 members (excludes halogenated alkanes) is 49. The number of carbonyl (C=O) groups excluding carboxylic acids is 4. The van der Waals surface area contributed by atoms with E-state index in [9.17, 15) is 43.2 Å². The van der Waals surface area contributed by atoms with Crippen LogP contribution in [0.15, 0.2) is 0 Å². The minimum absolute atomic E-state index is 0.107. The highest BCUT2D eigenvalue weighted by Gasteiger charge is 2.30. The van der Waals surface area contributed by atoms with Gasteiger partial charge in [0.1, 0.15) is 19.3 Å². The van der Waals surface area contributed by atoms with E-state index in [1.807, 2.05) is 0 Å². The molecule has 0 saturated carbocycles. The third-order valence-corrected chi connectivity index (χ3v) is 21.3. The molecule has 0 saturated heterocycles. The average molecular weight is 1490 g/mol. The quantitative estimate of drug-likeness (QED) is 0.0222. The first kappa shape index (κ1) is 100. The summed E-state index contributed by atoms with van der Waals surface area (Å²) >= 11 is 0.